The van der Waals surface area contributed by atoms with E-state index in [-0.39, 0.29) is 5.79 Å². The van der Waals surface area contributed by atoms with Gasteiger partial charge < -0.3 is 14.8 Å². The average molecular weight is 169 g/mol. The van der Waals surface area contributed by atoms with Crippen LogP contribution in [0.25, 0.3) is 0 Å². The molecule has 1 aliphatic carbocycles. The lowest BCUT2D eigenvalue weighted by atomic mass is 9.99. The summed E-state index contributed by atoms with van der Waals surface area (Å²) in [7, 11) is 0. The molecular weight excluding hydrogens is 154 g/mol. The van der Waals surface area contributed by atoms with Crippen LogP contribution >= 0.6 is 0 Å². The molecule has 2 aliphatic heterocycles. The van der Waals surface area contributed by atoms with Gasteiger partial charge in [-0.05, 0) is 18.9 Å². The second kappa shape index (κ2) is 2.44. The Bertz CT molecular complexity index is 189. The maximum atomic E-state index is 5.75. The number of hydrogen-bond donors (Lipinski definition) is 1. The molecule has 1 N–H and O–H groups in total. The summed E-state index contributed by atoms with van der Waals surface area (Å²) in [5, 5.41) is 3.44. The van der Waals surface area contributed by atoms with E-state index in [0.29, 0.717) is 5.92 Å². The summed E-state index contributed by atoms with van der Waals surface area (Å²) in [6, 6.07) is 0. The third-order valence-corrected chi connectivity index (χ3v) is 3.41. The molecule has 68 valence electrons. The molecule has 1 spiro atoms. The highest BCUT2D eigenvalue weighted by molar-refractivity contribution is 4.97. The first-order chi connectivity index (χ1) is 5.89. The molecule has 0 aromatic carbocycles. The second-order valence-corrected chi connectivity index (χ2v) is 4.17. The van der Waals surface area contributed by atoms with E-state index in [0.717, 1.165) is 38.6 Å². The summed E-state index contributed by atoms with van der Waals surface area (Å²) in [4.78, 5) is 0. The van der Waals surface area contributed by atoms with Gasteiger partial charge in [-0.1, -0.05) is 0 Å². The van der Waals surface area contributed by atoms with Crippen molar-refractivity contribution in [1.82, 2.24) is 5.32 Å². The fourth-order valence-corrected chi connectivity index (χ4v) is 2.91. The zero-order valence-corrected chi connectivity index (χ0v) is 7.21. The minimum atomic E-state index is -0.172. The van der Waals surface area contributed by atoms with Crippen LogP contribution in [0, 0.1) is 11.8 Å². The van der Waals surface area contributed by atoms with Gasteiger partial charge in [0.2, 0.25) is 0 Å². The molecule has 12 heavy (non-hydrogen) atoms. The van der Waals surface area contributed by atoms with Gasteiger partial charge in [0.15, 0.2) is 5.79 Å². The Morgan fingerprint density at radius 3 is 2.75 bits per heavy atom. The third-order valence-electron chi connectivity index (χ3n) is 3.41. The number of rotatable bonds is 0. The van der Waals surface area contributed by atoms with Crippen LogP contribution in [0.5, 0.6) is 0 Å². The molecule has 0 amide bonds. The van der Waals surface area contributed by atoms with Gasteiger partial charge in [0.1, 0.15) is 0 Å². The summed E-state index contributed by atoms with van der Waals surface area (Å²) < 4.78 is 11.5. The van der Waals surface area contributed by atoms with Crippen molar-refractivity contribution in [3.8, 4) is 0 Å². The molecule has 0 aromatic rings. The summed E-state index contributed by atoms with van der Waals surface area (Å²) >= 11 is 0. The van der Waals surface area contributed by atoms with E-state index in [1.807, 2.05) is 0 Å². The molecule has 3 aliphatic rings. The highest BCUT2D eigenvalue weighted by Gasteiger charge is 2.52. The SMILES string of the molecule is C1COC2(CC3CNCC2C3)O1. The fourth-order valence-electron chi connectivity index (χ4n) is 2.91. The number of nitrogens with one attached hydrogen (secondary N) is 1. The van der Waals surface area contributed by atoms with Gasteiger partial charge in [-0.25, -0.2) is 0 Å². The first-order valence-electron chi connectivity index (χ1n) is 4.88. The van der Waals surface area contributed by atoms with Gasteiger partial charge in [-0.3, -0.25) is 0 Å². The van der Waals surface area contributed by atoms with Crippen LogP contribution in [0.4, 0.5) is 0 Å². The number of ether oxygens (including phenoxy) is 2. The summed E-state index contributed by atoms with van der Waals surface area (Å²) in [5.41, 5.74) is 0. The van der Waals surface area contributed by atoms with Crippen LogP contribution in [0.1, 0.15) is 12.8 Å². The van der Waals surface area contributed by atoms with Crippen molar-refractivity contribution >= 4 is 0 Å². The zero-order valence-electron chi connectivity index (χ0n) is 7.21. The summed E-state index contributed by atoms with van der Waals surface area (Å²) in [6.07, 6.45) is 2.41. The predicted octanol–water partition coefficient (Wildman–Crippen LogP) is 0.359. The van der Waals surface area contributed by atoms with Crippen molar-refractivity contribution < 1.29 is 9.47 Å². The van der Waals surface area contributed by atoms with E-state index in [4.69, 9.17) is 9.47 Å². The van der Waals surface area contributed by atoms with Crippen molar-refractivity contribution in [2.45, 2.75) is 18.6 Å². The quantitative estimate of drug-likeness (QED) is 0.568. The lowest BCUT2D eigenvalue weighted by Gasteiger charge is -2.28. The molecule has 1 saturated carbocycles. The Balaban J connectivity index is 1.86. The van der Waals surface area contributed by atoms with Crippen LogP contribution in [0.2, 0.25) is 0 Å². The van der Waals surface area contributed by atoms with Crippen LogP contribution in [-0.4, -0.2) is 32.1 Å². The molecule has 2 unspecified atom stereocenters. The largest absolute Gasteiger partial charge is 0.347 e. The average Bonchev–Trinajstić information content (AvgIpc) is 2.62. The van der Waals surface area contributed by atoms with E-state index >= 15 is 0 Å². The highest BCUT2D eigenvalue weighted by atomic mass is 16.7. The van der Waals surface area contributed by atoms with E-state index in [1.165, 1.54) is 6.42 Å². The molecule has 2 saturated heterocycles. The zero-order chi connectivity index (χ0) is 8.02. The first-order valence-corrected chi connectivity index (χ1v) is 4.88. The van der Waals surface area contributed by atoms with Crippen LogP contribution < -0.4 is 5.32 Å². The molecule has 0 aromatic heterocycles. The molecule has 3 fully saturated rings. The van der Waals surface area contributed by atoms with Crippen molar-refractivity contribution in [3.63, 3.8) is 0 Å². The Labute approximate surface area is 72.4 Å². The molecule has 2 atom stereocenters. The maximum absolute atomic E-state index is 5.75. The standard InChI is InChI=1S/C9H15NO2/c1-2-12-9(11-1)4-7-3-8(9)6-10-5-7/h7-8,10H,1-6H2. The third kappa shape index (κ3) is 0.873. The highest BCUT2D eigenvalue weighted by Crippen LogP contribution is 2.46. The minimum absolute atomic E-state index is 0.172. The summed E-state index contributed by atoms with van der Waals surface area (Å²) in [5.74, 6) is 1.23. The van der Waals surface area contributed by atoms with E-state index in [2.05, 4.69) is 5.32 Å². The Morgan fingerprint density at radius 2 is 2.00 bits per heavy atom. The number of piperidine rings is 1. The Morgan fingerprint density at radius 1 is 1.17 bits per heavy atom. The van der Waals surface area contributed by atoms with E-state index in [9.17, 15) is 0 Å². The van der Waals surface area contributed by atoms with E-state index < -0.39 is 0 Å². The predicted molar refractivity (Wildman–Crippen MR) is 43.7 cm³/mol. The van der Waals surface area contributed by atoms with Crippen molar-refractivity contribution in [1.29, 1.82) is 0 Å². The van der Waals surface area contributed by atoms with Crippen molar-refractivity contribution in [2.24, 2.45) is 11.8 Å². The molecule has 2 heterocycles. The summed E-state index contributed by atoms with van der Waals surface area (Å²) in [6.45, 7) is 3.83. The number of hydrogen-bond acceptors (Lipinski definition) is 3. The smallest absolute Gasteiger partial charge is 0.172 e. The molecule has 2 bridgehead atoms. The normalized spacial score (nSPS) is 44.0. The van der Waals surface area contributed by atoms with Crippen LogP contribution in [0.15, 0.2) is 0 Å². The second-order valence-electron chi connectivity index (χ2n) is 4.17. The maximum Gasteiger partial charge on any atom is 0.172 e. The van der Waals surface area contributed by atoms with Crippen molar-refractivity contribution in [3.05, 3.63) is 0 Å². The lowest BCUT2D eigenvalue weighted by molar-refractivity contribution is -0.179. The van der Waals surface area contributed by atoms with Gasteiger partial charge in [0.25, 0.3) is 0 Å². The van der Waals surface area contributed by atoms with Crippen molar-refractivity contribution in [2.75, 3.05) is 26.3 Å². The molecule has 0 radical (unpaired) electrons. The van der Waals surface area contributed by atoms with Crippen LogP contribution in [0.3, 0.4) is 0 Å². The topological polar surface area (TPSA) is 30.5 Å². The minimum Gasteiger partial charge on any atom is -0.347 e. The Kier molecular flexibility index (Phi) is 1.48. The number of fused-ring (bicyclic) bond motifs is 3. The first kappa shape index (κ1) is 7.30. The lowest BCUT2D eigenvalue weighted by Crippen LogP contribution is -2.40. The monoisotopic (exact) mass is 169 g/mol. The molecule has 3 nitrogen and oxygen atoms in total. The Hall–Kier alpha value is -0.120. The molecule has 3 rings (SSSR count). The molecular formula is C9H15NO2. The van der Waals surface area contributed by atoms with E-state index in [1.54, 1.807) is 0 Å². The van der Waals surface area contributed by atoms with Gasteiger partial charge in [0.05, 0.1) is 13.2 Å². The van der Waals surface area contributed by atoms with Gasteiger partial charge in [0, 0.05) is 18.9 Å². The molecule has 3 heteroatoms. The van der Waals surface area contributed by atoms with Gasteiger partial charge in [-0.15, -0.1) is 0 Å². The van der Waals surface area contributed by atoms with Crippen LogP contribution in [-0.2, 0) is 9.47 Å². The van der Waals surface area contributed by atoms with Gasteiger partial charge >= 0.3 is 0 Å². The van der Waals surface area contributed by atoms with Gasteiger partial charge in [-0.2, -0.15) is 0 Å². The fraction of sp³-hybridized carbons (Fsp3) is 1.00.